The van der Waals surface area contributed by atoms with Crippen LogP contribution in [0.15, 0.2) is 97.1 Å². The van der Waals surface area contributed by atoms with Crippen molar-refractivity contribution in [1.82, 2.24) is 40.5 Å². The number of hydrogen-bond donors (Lipinski definition) is 6. The van der Waals surface area contributed by atoms with Crippen molar-refractivity contribution < 1.29 is 24.0 Å². The van der Waals surface area contributed by atoms with Gasteiger partial charge in [-0.25, -0.2) is 24.3 Å². The number of amides is 2. The van der Waals surface area contributed by atoms with Crippen LogP contribution in [0.2, 0.25) is 5.15 Å². The van der Waals surface area contributed by atoms with Gasteiger partial charge in [-0.1, -0.05) is 77.8 Å². The Kier molecular flexibility index (Phi) is 11.3. The summed E-state index contributed by atoms with van der Waals surface area (Å²) >= 11 is 6.12. The second-order valence-corrected chi connectivity index (χ2v) is 14.8. The van der Waals surface area contributed by atoms with Crippen molar-refractivity contribution in [2.75, 3.05) is 13.1 Å². The lowest BCUT2D eigenvalue weighted by atomic mass is 9.77. The van der Waals surface area contributed by atoms with Crippen LogP contribution in [-0.2, 0) is 12.8 Å². The summed E-state index contributed by atoms with van der Waals surface area (Å²) in [6.07, 6.45) is 1.56. The van der Waals surface area contributed by atoms with Crippen molar-refractivity contribution in [3.8, 4) is 33.8 Å². The molecule has 6 N–H and O–H groups in total. The highest BCUT2D eigenvalue weighted by Crippen LogP contribution is 2.33. The molecule has 15 heteroatoms. The van der Waals surface area contributed by atoms with Crippen LogP contribution in [0.25, 0.3) is 55.8 Å². The van der Waals surface area contributed by atoms with Gasteiger partial charge in [0.1, 0.15) is 5.82 Å². The van der Waals surface area contributed by atoms with Crippen molar-refractivity contribution in [2.45, 2.75) is 33.6 Å². The summed E-state index contributed by atoms with van der Waals surface area (Å²) in [5.41, 5.74) is 13.4. The van der Waals surface area contributed by atoms with E-state index in [0.717, 1.165) is 68.9 Å². The summed E-state index contributed by atoms with van der Waals surface area (Å²) in [4.78, 5) is 49.1. The number of aromatic nitrogens is 6. The molecular weight excluding hydrogens is 782 g/mol. The average molecular weight is 821 g/mol. The molecule has 300 valence electrons. The predicted octanol–water partition coefficient (Wildman–Crippen LogP) is 6.57. The third-order valence-electron chi connectivity index (χ3n) is 10.5. The van der Waals surface area contributed by atoms with Crippen LogP contribution < -0.4 is 16.1 Å². The van der Waals surface area contributed by atoms with Crippen LogP contribution >= 0.6 is 11.6 Å². The van der Waals surface area contributed by atoms with Crippen LogP contribution in [0.5, 0.6) is 0 Å². The number of rotatable bonds is 4. The van der Waals surface area contributed by atoms with Gasteiger partial charge in [0, 0.05) is 65.4 Å². The number of hydrogen-bond acceptors (Lipinski definition) is 8. The van der Waals surface area contributed by atoms with E-state index in [0.29, 0.717) is 63.0 Å². The van der Waals surface area contributed by atoms with E-state index in [9.17, 15) is 14.0 Å². The molecule has 0 bridgehead atoms. The van der Waals surface area contributed by atoms with Gasteiger partial charge in [0.15, 0.2) is 5.15 Å². The van der Waals surface area contributed by atoms with Crippen LogP contribution in [-0.4, -0.2) is 72.0 Å². The lowest BCUT2D eigenvalue weighted by molar-refractivity contribution is 0.0937. The zero-order chi connectivity index (χ0) is 42.1. The topological polar surface area (TPSA) is 182 Å². The van der Waals surface area contributed by atoms with E-state index in [1.54, 1.807) is 30.3 Å². The zero-order valence-corrected chi connectivity index (χ0v) is 33.7. The molecular formula is C45H39BClFN8O4. The molecule has 0 radical (unpaired) electrons. The lowest BCUT2D eigenvalue weighted by Crippen LogP contribution is -2.31. The maximum absolute atomic E-state index is 14.4. The Labute approximate surface area is 349 Å². The maximum Gasteiger partial charge on any atom is 0.488 e. The zero-order valence-electron chi connectivity index (χ0n) is 32.9. The van der Waals surface area contributed by atoms with Gasteiger partial charge in [-0.3, -0.25) is 9.59 Å². The Morgan fingerprint density at radius 2 is 1.13 bits per heavy atom. The van der Waals surface area contributed by atoms with E-state index in [1.807, 2.05) is 81.4 Å². The fourth-order valence-corrected chi connectivity index (χ4v) is 7.53. The molecule has 8 aromatic rings. The molecule has 60 heavy (non-hydrogen) atoms. The number of nitrogens with zero attached hydrogens (tertiary/aromatic N) is 4. The smallest absolute Gasteiger partial charge is 0.423 e. The van der Waals surface area contributed by atoms with E-state index in [-0.39, 0.29) is 17.6 Å². The molecule has 0 saturated heterocycles. The minimum atomic E-state index is -1.35. The molecule has 10 rings (SSSR count). The maximum atomic E-state index is 14.4. The fraction of sp³-hybridized carbons (Fsp3) is 0.156. The predicted molar refractivity (Wildman–Crippen MR) is 232 cm³/mol. The summed E-state index contributed by atoms with van der Waals surface area (Å²) < 4.78 is 14.4. The van der Waals surface area contributed by atoms with Crippen LogP contribution in [0.1, 0.15) is 49.1 Å². The van der Waals surface area contributed by atoms with Crippen LogP contribution in [0.4, 0.5) is 4.39 Å². The minimum Gasteiger partial charge on any atom is -0.423 e. The number of H-pyrrole nitrogens is 2. The standard InChI is InChI=1S/C22H17FN4O.C16H13ClN4O.C7H9BO2/c1-12-20(13-5-2-3-7-16(13)23)27-21-14(6-4-8-18(21)25-12)19-11-15-17(26-19)9-10-24-22(15)28;1-8-15(17)21-14-9(3-2-4-12(14)19-8)13-7-10-11(20-13)5-6-18-16(10)22;1-6-4-2-3-5-7(6)8(9)10/h2-8,11,26H,9-10H2,1H3,(H,24,28);2-4,7,20H,5-6H2,1H3,(H,18,22);2-5,9-10H,1H3. The molecule has 2 aliphatic heterocycles. The molecule has 0 unspecified atom stereocenters. The first kappa shape index (κ1) is 40.1. The van der Waals surface area contributed by atoms with E-state index in [4.69, 9.17) is 26.6 Å². The molecule has 0 spiro atoms. The van der Waals surface area contributed by atoms with Crippen LogP contribution in [0, 0.1) is 26.6 Å². The molecule has 0 fully saturated rings. The number of aryl methyl sites for hydroxylation is 3. The number of fused-ring (bicyclic) bond motifs is 4. The van der Waals surface area contributed by atoms with Gasteiger partial charge >= 0.3 is 7.12 Å². The molecule has 4 aromatic carbocycles. The molecule has 4 aromatic heterocycles. The number of nitrogens with one attached hydrogen (secondary N) is 4. The summed E-state index contributed by atoms with van der Waals surface area (Å²) in [6, 6.07) is 29.0. The number of halogens is 2. The highest BCUT2D eigenvalue weighted by molar-refractivity contribution is 6.59. The van der Waals surface area contributed by atoms with Gasteiger partial charge < -0.3 is 30.6 Å². The third kappa shape index (κ3) is 8.00. The Bertz CT molecular complexity index is 2950. The monoisotopic (exact) mass is 820 g/mol. The third-order valence-corrected chi connectivity index (χ3v) is 10.8. The molecule has 0 atom stereocenters. The number of benzene rings is 4. The average Bonchev–Trinajstić information content (AvgIpc) is 3.88. The molecule has 2 amide bonds. The largest absolute Gasteiger partial charge is 0.488 e. The number of carbonyl (C=O) groups excluding carboxylic acids is 2. The van der Waals surface area contributed by atoms with Gasteiger partial charge in [-0.15, -0.1) is 0 Å². The molecule has 6 heterocycles. The first-order chi connectivity index (χ1) is 29.0. The van der Waals surface area contributed by atoms with Crippen LogP contribution in [0.3, 0.4) is 0 Å². The Morgan fingerprint density at radius 1 is 0.617 bits per heavy atom. The van der Waals surface area contributed by atoms with E-state index in [1.165, 1.54) is 6.07 Å². The first-order valence-electron chi connectivity index (χ1n) is 19.3. The summed E-state index contributed by atoms with van der Waals surface area (Å²) in [7, 11) is -1.35. The van der Waals surface area contributed by atoms with Gasteiger partial charge in [0.25, 0.3) is 11.8 Å². The second-order valence-electron chi connectivity index (χ2n) is 14.5. The van der Waals surface area contributed by atoms with E-state index >= 15 is 0 Å². The first-order valence-corrected chi connectivity index (χ1v) is 19.7. The van der Waals surface area contributed by atoms with Crippen molar-refractivity contribution >= 4 is 58.1 Å². The molecule has 0 saturated carbocycles. The van der Waals surface area contributed by atoms with Gasteiger partial charge in [-0.2, -0.15) is 0 Å². The van der Waals surface area contributed by atoms with Crippen molar-refractivity contribution in [1.29, 1.82) is 0 Å². The van der Waals surface area contributed by atoms with Gasteiger partial charge in [0.05, 0.1) is 50.3 Å². The SMILES string of the molecule is Cc1ccccc1B(O)O.Cc1nc2cccc(-c3cc4c([nH]3)CCNC4=O)c2nc1-c1ccccc1F.Cc1nc2cccc(-c3cc4c([nH]3)CCNC4=O)c2nc1Cl. The summed E-state index contributed by atoms with van der Waals surface area (Å²) in [6.45, 7) is 6.79. The van der Waals surface area contributed by atoms with Crippen molar-refractivity contribution in [3.63, 3.8) is 0 Å². The summed E-state index contributed by atoms with van der Waals surface area (Å²) in [5.74, 6) is -0.439. The number of para-hydroxylation sites is 2. The number of aromatic amines is 2. The second kappa shape index (κ2) is 16.9. The number of carbonyl (C=O) groups is 2. The van der Waals surface area contributed by atoms with Crippen molar-refractivity contribution in [3.05, 3.63) is 147 Å². The van der Waals surface area contributed by atoms with Crippen molar-refractivity contribution in [2.24, 2.45) is 0 Å². The minimum absolute atomic E-state index is 0.0380. The highest BCUT2D eigenvalue weighted by Gasteiger charge is 2.23. The Hall–Kier alpha value is -6.74. The van der Waals surface area contributed by atoms with E-state index in [2.05, 4.69) is 35.6 Å². The van der Waals surface area contributed by atoms with E-state index < -0.39 is 7.12 Å². The summed E-state index contributed by atoms with van der Waals surface area (Å²) in [5, 5.41) is 23.6. The lowest BCUT2D eigenvalue weighted by Gasteiger charge is -2.11. The molecule has 12 nitrogen and oxygen atoms in total. The fourth-order valence-electron chi connectivity index (χ4n) is 7.41. The normalized spacial score (nSPS) is 13.0. The van der Waals surface area contributed by atoms with Gasteiger partial charge in [-0.05, 0) is 62.6 Å². The molecule has 0 aliphatic carbocycles. The van der Waals surface area contributed by atoms with Gasteiger partial charge in [0.2, 0.25) is 0 Å². The Balaban J connectivity index is 0.000000138. The molecule has 2 aliphatic rings. The highest BCUT2D eigenvalue weighted by atomic mass is 35.5. The Morgan fingerprint density at radius 3 is 1.67 bits per heavy atom. The quantitative estimate of drug-likeness (QED) is 0.108.